The highest BCUT2D eigenvalue weighted by molar-refractivity contribution is 5.56. The summed E-state index contributed by atoms with van der Waals surface area (Å²) in [6.45, 7) is 1.90. The average molecular weight is 357 g/mol. The zero-order chi connectivity index (χ0) is 18.9. The Labute approximate surface area is 152 Å². The first-order chi connectivity index (χ1) is 12.6. The van der Waals surface area contributed by atoms with E-state index in [4.69, 9.17) is 9.47 Å². The van der Waals surface area contributed by atoms with E-state index in [1.165, 1.54) is 0 Å². The minimum atomic E-state index is -0.502. The summed E-state index contributed by atoms with van der Waals surface area (Å²) >= 11 is 0. The van der Waals surface area contributed by atoms with E-state index in [-0.39, 0.29) is 11.5 Å². The molecule has 26 heavy (non-hydrogen) atoms. The molecule has 0 N–H and O–H groups in total. The quantitative estimate of drug-likeness (QED) is 0.366. The van der Waals surface area contributed by atoms with E-state index in [1.54, 1.807) is 25.3 Å². The van der Waals surface area contributed by atoms with Gasteiger partial charge in [-0.2, -0.15) is 0 Å². The number of carbonyl (C=O) groups is 1. The fourth-order valence-electron chi connectivity index (χ4n) is 2.90. The van der Waals surface area contributed by atoms with E-state index >= 15 is 0 Å². The van der Waals surface area contributed by atoms with Crippen molar-refractivity contribution in [1.82, 2.24) is 0 Å². The van der Waals surface area contributed by atoms with Crippen LogP contribution in [0.15, 0.2) is 48.5 Å². The Bertz CT molecular complexity index is 732. The Hall–Kier alpha value is -2.89. The summed E-state index contributed by atoms with van der Waals surface area (Å²) in [5, 5.41) is 11.1. The summed E-state index contributed by atoms with van der Waals surface area (Å²) in [5.41, 5.74) is 1.70. The van der Waals surface area contributed by atoms with Crippen LogP contribution in [0.4, 0.5) is 0 Å². The number of carbonyl (C=O) groups excluding carboxylic acids is 1. The van der Waals surface area contributed by atoms with Crippen molar-refractivity contribution in [2.75, 3.05) is 13.7 Å². The summed E-state index contributed by atoms with van der Waals surface area (Å²) in [4.78, 5) is 22.1. The first-order valence-electron chi connectivity index (χ1n) is 8.50. The number of hydrogen-bond donors (Lipinski definition) is 0. The van der Waals surface area contributed by atoms with Crippen LogP contribution in [-0.2, 0) is 11.4 Å². The van der Waals surface area contributed by atoms with Gasteiger partial charge in [0.05, 0.1) is 13.0 Å². The maximum absolute atomic E-state index is 11.4. The number of nitrogens with zero attached hydrogens (tertiary/aromatic N) is 1. The van der Waals surface area contributed by atoms with Crippen LogP contribution in [0.5, 0.6) is 11.5 Å². The molecule has 6 heteroatoms. The van der Waals surface area contributed by atoms with Crippen molar-refractivity contribution in [3.63, 3.8) is 0 Å². The lowest BCUT2D eigenvalue weighted by Crippen LogP contribution is -2.22. The van der Waals surface area contributed by atoms with E-state index in [9.17, 15) is 14.9 Å². The number of nitro groups is 1. The van der Waals surface area contributed by atoms with E-state index in [1.807, 2.05) is 37.3 Å². The van der Waals surface area contributed by atoms with Gasteiger partial charge in [-0.3, -0.25) is 10.1 Å². The molecule has 0 bridgehead atoms. The van der Waals surface area contributed by atoms with Crippen molar-refractivity contribution < 1.29 is 19.2 Å². The maximum Gasteiger partial charge on any atom is 0.211 e. The smallest absolute Gasteiger partial charge is 0.211 e. The standard InChI is InChI=1S/C20H23NO5/c1-3-16(13-22)18(12-21(23)24)17-9-10-19(25-2)20(11-17)26-14-15-7-5-4-6-8-15/h4-11,13,16,18H,3,12,14H2,1-2H3/t16-,18-/m1/s1. The van der Waals surface area contributed by atoms with Gasteiger partial charge in [-0.1, -0.05) is 43.3 Å². The Balaban J connectivity index is 2.30. The molecule has 0 amide bonds. The number of rotatable bonds is 10. The third-order valence-electron chi connectivity index (χ3n) is 4.36. The first kappa shape index (κ1) is 19.4. The van der Waals surface area contributed by atoms with Gasteiger partial charge in [-0.15, -0.1) is 0 Å². The molecule has 0 saturated heterocycles. The molecule has 2 aromatic carbocycles. The highest BCUT2D eigenvalue weighted by atomic mass is 16.6. The van der Waals surface area contributed by atoms with Gasteiger partial charge in [0.2, 0.25) is 6.54 Å². The van der Waals surface area contributed by atoms with Gasteiger partial charge in [-0.05, 0) is 29.7 Å². The van der Waals surface area contributed by atoms with Crippen molar-refractivity contribution in [1.29, 1.82) is 0 Å². The van der Waals surface area contributed by atoms with Crippen LogP contribution in [0.25, 0.3) is 0 Å². The molecule has 2 aromatic rings. The average Bonchev–Trinajstić information content (AvgIpc) is 2.66. The van der Waals surface area contributed by atoms with Crippen molar-refractivity contribution >= 4 is 6.29 Å². The predicted molar refractivity (Wildman–Crippen MR) is 98.2 cm³/mol. The third-order valence-corrected chi connectivity index (χ3v) is 4.36. The van der Waals surface area contributed by atoms with Gasteiger partial charge in [0, 0.05) is 10.8 Å². The largest absolute Gasteiger partial charge is 0.493 e. The monoisotopic (exact) mass is 357 g/mol. The van der Waals surface area contributed by atoms with Gasteiger partial charge in [0.25, 0.3) is 0 Å². The third kappa shape index (κ3) is 5.05. The maximum atomic E-state index is 11.4. The Morgan fingerprint density at radius 3 is 2.46 bits per heavy atom. The molecule has 0 unspecified atom stereocenters. The fourth-order valence-corrected chi connectivity index (χ4v) is 2.90. The van der Waals surface area contributed by atoms with Gasteiger partial charge in [-0.25, -0.2) is 0 Å². The van der Waals surface area contributed by atoms with E-state index < -0.39 is 11.8 Å². The van der Waals surface area contributed by atoms with E-state index in [2.05, 4.69) is 0 Å². The summed E-state index contributed by atoms with van der Waals surface area (Å²) in [5.74, 6) is 0.125. The van der Waals surface area contributed by atoms with Crippen LogP contribution in [0.1, 0.15) is 30.4 Å². The first-order valence-corrected chi connectivity index (χ1v) is 8.50. The lowest BCUT2D eigenvalue weighted by molar-refractivity contribution is -0.484. The lowest BCUT2D eigenvalue weighted by atomic mass is 9.85. The van der Waals surface area contributed by atoms with Crippen molar-refractivity contribution in [3.8, 4) is 11.5 Å². The van der Waals surface area contributed by atoms with Crippen LogP contribution in [-0.4, -0.2) is 24.9 Å². The molecule has 0 spiro atoms. The van der Waals surface area contributed by atoms with E-state index in [0.29, 0.717) is 30.1 Å². The molecule has 0 aliphatic carbocycles. The molecule has 0 aliphatic heterocycles. The number of hydrogen-bond acceptors (Lipinski definition) is 5. The number of ether oxygens (including phenoxy) is 2. The minimum absolute atomic E-state index is 0.304. The molecule has 0 heterocycles. The number of benzene rings is 2. The second-order valence-electron chi connectivity index (χ2n) is 6.01. The Morgan fingerprint density at radius 1 is 1.15 bits per heavy atom. The van der Waals surface area contributed by atoms with E-state index in [0.717, 1.165) is 11.8 Å². The zero-order valence-corrected chi connectivity index (χ0v) is 15.0. The number of methoxy groups -OCH3 is 1. The van der Waals surface area contributed by atoms with Crippen LogP contribution >= 0.6 is 0 Å². The van der Waals surface area contributed by atoms with Crippen LogP contribution in [0.3, 0.4) is 0 Å². The van der Waals surface area contributed by atoms with Crippen molar-refractivity contribution in [2.24, 2.45) is 5.92 Å². The molecule has 0 fully saturated rings. The molecule has 0 aliphatic rings. The van der Waals surface area contributed by atoms with Gasteiger partial charge in [0.15, 0.2) is 11.5 Å². The second-order valence-corrected chi connectivity index (χ2v) is 6.01. The second kappa shape index (κ2) is 9.56. The molecule has 0 saturated carbocycles. The normalized spacial score (nSPS) is 12.8. The van der Waals surface area contributed by atoms with Crippen LogP contribution in [0, 0.1) is 16.0 Å². The molecule has 2 rings (SSSR count). The molecular weight excluding hydrogens is 334 g/mol. The minimum Gasteiger partial charge on any atom is -0.493 e. The predicted octanol–water partition coefficient (Wildman–Crippen LogP) is 3.86. The highest BCUT2D eigenvalue weighted by Gasteiger charge is 2.27. The molecular formula is C20H23NO5. The van der Waals surface area contributed by atoms with Gasteiger partial charge in [0.1, 0.15) is 12.9 Å². The molecule has 138 valence electrons. The molecule has 2 atom stereocenters. The lowest BCUT2D eigenvalue weighted by Gasteiger charge is -2.20. The van der Waals surface area contributed by atoms with Crippen molar-refractivity contribution in [2.45, 2.75) is 25.9 Å². The molecule has 0 aromatic heterocycles. The Kier molecular flexibility index (Phi) is 7.14. The van der Waals surface area contributed by atoms with Crippen molar-refractivity contribution in [3.05, 3.63) is 69.8 Å². The summed E-state index contributed by atoms with van der Waals surface area (Å²) < 4.78 is 11.2. The zero-order valence-electron chi connectivity index (χ0n) is 15.0. The van der Waals surface area contributed by atoms with Gasteiger partial charge < -0.3 is 14.3 Å². The van der Waals surface area contributed by atoms with Gasteiger partial charge >= 0.3 is 0 Å². The SMILES string of the molecule is CC[C@H](C=O)[C@@H](C[N+](=O)[O-])c1ccc(OC)c(OCc2ccccc2)c1. The van der Waals surface area contributed by atoms with Crippen LogP contribution in [0.2, 0.25) is 0 Å². The Morgan fingerprint density at radius 2 is 1.88 bits per heavy atom. The summed E-state index contributed by atoms with van der Waals surface area (Å²) in [6, 6.07) is 14.9. The molecule has 0 radical (unpaired) electrons. The topological polar surface area (TPSA) is 78.7 Å². The highest BCUT2D eigenvalue weighted by Crippen LogP contribution is 2.34. The van der Waals surface area contributed by atoms with Crippen LogP contribution < -0.4 is 9.47 Å². The summed E-state index contributed by atoms with van der Waals surface area (Å²) in [7, 11) is 1.54. The fraction of sp³-hybridized carbons (Fsp3) is 0.350. The number of aldehydes is 1. The molecule has 6 nitrogen and oxygen atoms in total. The summed E-state index contributed by atoms with van der Waals surface area (Å²) in [6.07, 6.45) is 1.33.